The van der Waals surface area contributed by atoms with Crippen LogP contribution in [0.15, 0.2) is 60.7 Å². The minimum Gasteiger partial charge on any atom is -0.493 e. The van der Waals surface area contributed by atoms with Gasteiger partial charge < -0.3 is 14.2 Å². The fourth-order valence-electron chi connectivity index (χ4n) is 4.31. The van der Waals surface area contributed by atoms with Crippen LogP contribution in [0.3, 0.4) is 0 Å². The van der Waals surface area contributed by atoms with E-state index in [1.807, 2.05) is 13.0 Å². The van der Waals surface area contributed by atoms with E-state index >= 15 is 0 Å². The van der Waals surface area contributed by atoms with Crippen LogP contribution in [0.1, 0.15) is 49.9 Å². The number of nitrogens with zero attached hydrogens (tertiary/aromatic N) is 1. The van der Waals surface area contributed by atoms with E-state index in [0.717, 1.165) is 49.1 Å². The van der Waals surface area contributed by atoms with Gasteiger partial charge in [-0.05, 0) is 77.4 Å². The molecular formula is C29H35NO3. The average molecular weight is 446 g/mol. The summed E-state index contributed by atoms with van der Waals surface area (Å²) in [5.74, 6) is 3.39. The lowest BCUT2D eigenvalue weighted by molar-refractivity contribution is 0.243. The Kier molecular flexibility index (Phi) is 6.94. The summed E-state index contributed by atoms with van der Waals surface area (Å²) < 4.78 is 17.5. The first-order valence-electron chi connectivity index (χ1n) is 11.8. The summed E-state index contributed by atoms with van der Waals surface area (Å²) in [6.45, 7) is 12.1. The number of hydrogen-bond donors (Lipinski definition) is 0. The molecule has 33 heavy (non-hydrogen) atoms. The van der Waals surface area contributed by atoms with Gasteiger partial charge in [-0.1, -0.05) is 45.0 Å². The molecule has 1 heterocycles. The molecule has 1 aliphatic rings. The molecule has 3 aromatic rings. The normalized spacial score (nSPS) is 14.0. The molecule has 0 amide bonds. The Labute approximate surface area is 198 Å². The maximum atomic E-state index is 6.15. The van der Waals surface area contributed by atoms with Gasteiger partial charge in [-0.3, -0.25) is 4.90 Å². The summed E-state index contributed by atoms with van der Waals surface area (Å²) >= 11 is 0. The molecule has 0 N–H and O–H groups in total. The summed E-state index contributed by atoms with van der Waals surface area (Å²) in [4.78, 5) is 2.47. The minimum absolute atomic E-state index is 0.139. The number of methoxy groups -OCH3 is 1. The van der Waals surface area contributed by atoms with Crippen molar-refractivity contribution < 1.29 is 14.2 Å². The first-order valence-corrected chi connectivity index (χ1v) is 11.8. The molecule has 0 spiro atoms. The molecule has 0 radical (unpaired) electrons. The second kappa shape index (κ2) is 9.88. The summed E-state index contributed by atoms with van der Waals surface area (Å²) in [6.07, 6.45) is 1.01. The SMILES string of the molecule is CCOc1cc2c(cc1OC)CN(Cc1cccc(Oc3ccc(C(C)(C)C)cc3)c1)CC2. The summed E-state index contributed by atoms with van der Waals surface area (Å²) in [5, 5.41) is 0. The molecule has 0 fully saturated rings. The van der Waals surface area contributed by atoms with Gasteiger partial charge in [0.15, 0.2) is 11.5 Å². The molecule has 4 rings (SSSR count). The lowest BCUT2D eigenvalue weighted by Gasteiger charge is -2.29. The molecule has 0 atom stereocenters. The summed E-state index contributed by atoms with van der Waals surface area (Å²) in [6, 6.07) is 21.1. The Hall–Kier alpha value is -2.98. The molecule has 0 saturated carbocycles. The number of benzene rings is 3. The zero-order valence-electron chi connectivity index (χ0n) is 20.5. The van der Waals surface area contributed by atoms with Crippen LogP contribution in [0.2, 0.25) is 0 Å². The zero-order chi connectivity index (χ0) is 23.4. The number of fused-ring (bicyclic) bond motifs is 1. The zero-order valence-corrected chi connectivity index (χ0v) is 20.5. The van der Waals surface area contributed by atoms with Gasteiger partial charge in [-0.2, -0.15) is 0 Å². The van der Waals surface area contributed by atoms with Crippen molar-refractivity contribution in [2.45, 2.75) is 52.6 Å². The van der Waals surface area contributed by atoms with Gasteiger partial charge >= 0.3 is 0 Å². The van der Waals surface area contributed by atoms with Crippen molar-refractivity contribution in [2.75, 3.05) is 20.3 Å². The van der Waals surface area contributed by atoms with E-state index in [0.29, 0.717) is 6.61 Å². The first-order chi connectivity index (χ1) is 15.9. The number of ether oxygens (including phenoxy) is 3. The van der Waals surface area contributed by atoms with Crippen molar-refractivity contribution >= 4 is 0 Å². The Morgan fingerprint density at radius 1 is 0.879 bits per heavy atom. The molecule has 4 heteroatoms. The molecule has 0 aliphatic carbocycles. The van der Waals surface area contributed by atoms with Crippen LogP contribution in [0.4, 0.5) is 0 Å². The second-order valence-electron chi connectivity index (χ2n) is 9.69. The van der Waals surface area contributed by atoms with E-state index in [9.17, 15) is 0 Å². The summed E-state index contributed by atoms with van der Waals surface area (Å²) in [5.41, 5.74) is 5.36. The molecule has 1 aliphatic heterocycles. The third kappa shape index (κ3) is 5.69. The molecule has 0 unspecified atom stereocenters. The predicted molar refractivity (Wildman–Crippen MR) is 134 cm³/mol. The number of hydrogen-bond acceptors (Lipinski definition) is 4. The maximum absolute atomic E-state index is 6.15. The van der Waals surface area contributed by atoms with E-state index < -0.39 is 0 Å². The van der Waals surface area contributed by atoms with Gasteiger partial charge in [0, 0.05) is 19.6 Å². The highest BCUT2D eigenvalue weighted by Crippen LogP contribution is 2.34. The van der Waals surface area contributed by atoms with Crippen molar-refractivity contribution in [3.05, 3.63) is 82.9 Å². The fourth-order valence-corrected chi connectivity index (χ4v) is 4.31. The summed E-state index contributed by atoms with van der Waals surface area (Å²) in [7, 11) is 1.70. The Morgan fingerprint density at radius 2 is 1.64 bits per heavy atom. The average Bonchev–Trinajstić information content (AvgIpc) is 2.79. The Morgan fingerprint density at radius 3 is 2.33 bits per heavy atom. The lowest BCUT2D eigenvalue weighted by Crippen LogP contribution is -2.30. The largest absolute Gasteiger partial charge is 0.493 e. The highest BCUT2D eigenvalue weighted by Gasteiger charge is 2.20. The van der Waals surface area contributed by atoms with Crippen molar-refractivity contribution in [3.8, 4) is 23.0 Å². The van der Waals surface area contributed by atoms with E-state index in [1.165, 1.54) is 22.3 Å². The Bertz CT molecular complexity index is 1080. The van der Waals surface area contributed by atoms with Crippen molar-refractivity contribution in [2.24, 2.45) is 0 Å². The van der Waals surface area contributed by atoms with Crippen molar-refractivity contribution in [3.63, 3.8) is 0 Å². The van der Waals surface area contributed by atoms with E-state index in [4.69, 9.17) is 14.2 Å². The van der Waals surface area contributed by atoms with Gasteiger partial charge in [0.05, 0.1) is 13.7 Å². The van der Waals surface area contributed by atoms with E-state index in [-0.39, 0.29) is 5.41 Å². The van der Waals surface area contributed by atoms with Gasteiger partial charge in [-0.15, -0.1) is 0 Å². The monoisotopic (exact) mass is 445 g/mol. The van der Waals surface area contributed by atoms with Crippen molar-refractivity contribution in [1.29, 1.82) is 0 Å². The smallest absolute Gasteiger partial charge is 0.161 e. The highest BCUT2D eigenvalue weighted by atomic mass is 16.5. The van der Waals surface area contributed by atoms with Gasteiger partial charge in [-0.25, -0.2) is 0 Å². The van der Waals surface area contributed by atoms with Crippen molar-refractivity contribution in [1.82, 2.24) is 4.90 Å². The van der Waals surface area contributed by atoms with Gasteiger partial charge in [0.2, 0.25) is 0 Å². The lowest BCUT2D eigenvalue weighted by atomic mass is 9.87. The number of rotatable bonds is 7. The van der Waals surface area contributed by atoms with E-state index in [2.05, 4.69) is 80.3 Å². The second-order valence-corrected chi connectivity index (χ2v) is 9.69. The third-order valence-corrected chi connectivity index (χ3v) is 6.14. The molecule has 3 aromatic carbocycles. The highest BCUT2D eigenvalue weighted by molar-refractivity contribution is 5.48. The fraction of sp³-hybridized carbons (Fsp3) is 0.379. The van der Waals surface area contributed by atoms with E-state index in [1.54, 1.807) is 7.11 Å². The van der Waals surface area contributed by atoms with Gasteiger partial charge in [0.1, 0.15) is 11.5 Å². The topological polar surface area (TPSA) is 30.9 Å². The van der Waals surface area contributed by atoms with Crippen LogP contribution in [0.25, 0.3) is 0 Å². The molecule has 0 aromatic heterocycles. The molecular weight excluding hydrogens is 410 g/mol. The molecule has 4 nitrogen and oxygen atoms in total. The third-order valence-electron chi connectivity index (χ3n) is 6.14. The predicted octanol–water partition coefficient (Wildman–Crippen LogP) is 6.74. The Balaban J connectivity index is 1.43. The maximum Gasteiger partial charge on any atom is 0.161 e. The van der Waals surface area contributed by atoms with Crippen LogP contribution in [0.5, 0.6) is 23.0 Å². The molecule has 0 bridgehead atoms. The standard InChI is InChI=1S/C29H35NO3/c1-6-32-28-17-22-14-15-30(20-23(22)18-27(28)31-5)19-21-8-7-9-26(16-21)33-25-12-10-24(11-13-25)29(2,3)4/h7-13,16-18H,6,14-15,19-20H2,1-5H3. The minimum atomic E-state index is 0.139. The quantitative estimate of drug-likeness (QED) is 0.403. The molecule has 174 valence electrons. The van der Waals surface area contributed by atoms with Crippen LogP contribution in [0, 0.1) is 0 Å². The van der Waals surface area contributed by atoms with Crippen LogP contribution in [-0.2, 0) is 24.9 Å². The van der Waals surface area contributed by atoms with Crippen LogP contribution in [-0.4, -0.2) is 25.2 Å². The van der Waals surface area contributed by atoms with Gasteiger partial charge in [0.25, 0.3) is 0 Å². The van der Waals surface area contributed by atoms with Crippen LogP contribution >= 0.6 is 0 Å². The first kappa shape index (κ1) is 23.2. The molecule has 0 saturated heterocycles. The van der Waals surface area contributed by atoms with Crippen LogP contribution < -0.4 is 14.2 Å².